The fourth-order valence-corrected chi connectivity index (χ4v) is 3.61. The number of aliphatic hydroxyl groups is 2. The second kappa shape index (κ2) is 11.1. The third-order valence-electron chi connectivity index (χ3n) is 4.99. The van der Waals surface area contributed by atoms with Gasteiger partial charge in [-0.3, -0.25) is 24.3 Å². The molecule has 1 aliphatic rings. The first-order chi connectivity index (χ1) is 13.7. The van der Waals surface area contributed by atoms with Crippen molar-refractivity contribution in [3.8, 4) is 0 Å². The summed E-state index contributed by atoms with van der Waals surface area (Å²) < 4.78 is 0. The standard InChI is InChI=1S/C19H30N4O6/c20-15-3-1-14(2-4-15)9-16-10-22(12-18(26)27)6-5-21(11-17(24)25)7-8-23(16)13-19(28)29/h1-4,16,19,28-29H,5-13,20H2,(H,24,25)(H,26,27). The van der Waals surface area contributed by atoms with Crippen molar-refractivity contribution in [2.45, 2.75) is 18.8 Å². The first-order valence-electron chi connectivity index (χ1n) is 9.56. The van der Waals surface area contributed by atoms with Gasteiger partial charge >= 0.3 is 11.9 Å². The molecular weight excluding hydrogens is 380 g/mol. The van der Waals surface area contributed by atoms with Crippen molar-refractivity contribution in [3.63, 3.8) is 0 Å². The zero-order chi connectivity index (χ0) is 21.4. The van der Waals surface area contributed by atoms with Crippen molar-refractivity contribution in [2.75, 3.05) is 58.1 Å². The average Bonchev–Trinajstić information content (AvgIpc) is 2.68. The first-order valence-corrected chi connectivity index (χ1v) is 9.56. The van der Waals surface area contributed by atoms with Crippen molar-refractivity contribution >= 4 is 17.6 Å². The molecular formula is C19H30N4O6. The maximum Gasteiger partial charge on any atom is 0.317 e. The fourth-order valence-electron chi connectivity index (χ4n) is 3.61. The summed E-state index contributed by atoms with van der Waals surface area (Å²) in [6, 6.07) is 7.20. The van der Waals surface area contributed by atoms with Crippen LogP contribution in [0.15, 0.2) is 24.3 Å². The van der Waals surface area contributed by atoms with E-state index >= 15 is 0 Å². The van der Waals surface area contributed by atoms with Crippen LogP contribution in [0.25, 0.3) is 0 Å². The summed E-state index contributed by atoms with van der Waals surface area (Å²) in [6.45, 7) is 1.76. The van der Waals surface area contributed by atoms with Gasteiger partial charge in [-0.05, 0) is 24.1 Å². The zero-order valence-electron chi connectivity index (χ0n) is 16.4. The molecule has 1 saturated heterocycles. The number of aliphatic carboxylic acids is 2. The summed E-state index contributed by atoms with van der Waals surface area (Å²) >= 11 is 0. The largest absolute Gasteiger partial charge is 0.480 e. The summed E-state index contributed by atoms with van der Waals surface area (Å²) in [7, 11) is 0. The number of anilines is 1. The number of carbonyl (C=O) groups is 2. The van der Waals surface area contributed by atoms with Crippen LogP contribution >= 0.6 is 0 Å². The minimum absolute atomic E-state index is 0.0124. The minimum atomic E-state index is -1.55. The molecule has 10 heteroatoms. The lowest BCUT2D eigenvalue weighted by molar-refractivity contribution is -0.140. The van der Waals surface area contributed by atoms with Gasteiger partial charge in [0.15, 0.2) is 6.29 Å². The SMILES string of the molecule is Nc1ccc(CC2CN(CC(=O)O)CCN(CC(=O)O)CCN2CC(O)O)cc1. The number of rotatable bonds is 8. The van der Waals surface area contributed by atoms with Crippen LogP contribution in [0.2, 0.25) is 0 Å². The molecule has 10 nitrogen and oxygen atoms in total. The van der Waals surface area contributed by atoms with Crippen LogP contribution in [0.4, 0.5) is 5.69 Å². The number of carboxylic acid groups (broad SMARTS) is 2. The van der Waals surface area contributed by atoms with E-state index < -0.39 is 18.2 Å². The fraction of sp³-hybridized carbons (Fsp3) is 0.579. The molecule has 1 aromatic carbocycles. The number of hydrogen-bond donors (Lipinski definition) is 5. The second-order valence-electron chi connectivity index (χ2n) is 7.37. The molecule has 6 N–H and O–H groups in total. The number of β-amino-alcohol motifs (C(OH)–C–C–N with tert-alkyl or cyclic N) is 2. The Kier molecular flexibility index (Phi) is 8.80. The molecule has 162 valence electrons. The van der Waals surface area contributed by atoms with Crippen molar-refractivity contribution < 1.29 is 30.0 Å². The molecule has 0 radical (unpaired) electrons. The molecule has 1 aliphatic heterocycles. The molecule has 2 rings (SSSR count). The topological polar surface area (TPSA) is 151 Å². The summed E-state index contributed by atoms with van der Waals surface area (Å²) in [5, 5.41) is 37.5. The molecule has 0 bridgehead atoms. The molecule has 0 saturated carbocycles. The van der Waals surface area contributed by atoms with E-state index in [0.29, 0.717) is 44.8 Å². The number of hydrogen-bond acceptors (Lipinski definition) is 8. The monoisotopic (exact) mass is 410 g/mol. The van der Waals surface area contributed by atoms with Crippen LogP contribution in [0, 0.1) is 0 Å². The minimum Gasteiger partial charge on any atom is -0.480 e. The van der Waals surface area contributed by atoms with Gasteiger partial charge in [0.1, 0.15) is 0 Å². The zero-order valence-corrected chi connectivity index (χ0v) is 16.4. The van der Waals surface area contributed by atoms with Crippen molar-refractivity contribution in [3.05, 3.63) is 29.8 Å². The van der Waals surface area contributed by atoms with Gasteiger partial charge in [0.05, 0.1) is 13.1 Å². The third-order valence-corrected chi connectivity index (χ3v) is 4.99. The van der Waals surface area contributed by atoms with E-state index in [1.54, 1.807) is 21.9 Å². The molecule has 1 fully saturated rings. The lowest BCUT2D eigenvalue weighted by Crippen LogP contribution is -2.49. The van der Waals surface area contributed by atoms with Crippen LogP contribution in [-0.2, 0) is 16.0 Å². The molecule has 1 unspecified atom stereocenters. The predicted octanol–water partition coefficient (Wildman–Crippen LogP) is -1.42. The summed E-state index contributed by atoms with van der Waals surface area (Å²) in [4.78, 5) is 27.9. The van der Waals surface area contributed by atoms with E-state index in [2.05, 4.69) is 0 Å². The maximum absolute atomic E-state index is 11.3. The molecule has 1 aromatic rings. The average molecular weight is 410 g/mol. The van der Waals surface area contributed by atoms with Crippen LogP contribution < -0.4 is 5.73 Å². The maximum atomic E-state index is 11.3. The Balaban J connectivity index is 2.25. The number of nitrogens with two attached hydrogens (primary N) is 1. The van der Waals surface area contributed by atoms with Gasteiger partial charge in [0.25, 0.3) is 0 Å². The normalized spacial score (nSPS) is 20.2. The summed E-state index contributed by atoms with van der Waals surface area (Å²) in [5.74, 6) is -1.92. The Morgan fingerprint density at radius 3 is 2.10 bits per heavy atom. The Morgan fingerprint density at radius 1 is 0.966 bits per heavy atom. The molecule has 0 aromatic heterocycles. The van der Waals surface area contributed by atoms with E-state index in [-0.39, 0.29) is 25.7 Å². The van der Waals surface area contributed by atoms with E-state index in [4.69, 9.17) is 10.8 Å². The van der Waals surface area contributed by atoms with Crippen molar-refractivity contribution in [1.82, 2.24) is 14.7 Å². The Morgan fingerprint density at radius 2 is 1.52 bits per heavy atom. The van der Waals surface area contributed by atoms with Gasteiger partial charge in [-0.25, -0.2) is 0 Å². The summed E-state index contributed by atoms with van der Waals surface area (Å²) in [5.41, 5.74) is 7.39. The van der Waals surface area contributed by atoms with E-state index in [0.717, 1.165) is 5.56 Å². The number of aliphatic hydroxyl groups excluding tert-OH is 1. The highest BCUT2D eigenvalue weighted by Gasteiger charge is 2.27. The molecule has 0 aliphatic carbocycles. The Bertz CT molecular complexity index is 669. The van der Waals surface area contributed by atoms with E-state index in [1.807, 2.05) is 17.0 Å². The molecule has 0 amide bonds. The highest BCUT2D eigenvalue weighted by atomic mass is 16.5. The second-order valence-corrected chi connectivity index (χ2v) is 7.37. The molecule has 0 spiro atoms. The molecule has 29 heavy (non-hydrogen) atoms. The van der Waals surface area contributed by atoms with Crippen molar-refractivity contribution in [2.24, 2.45) is 0 Å². The number of nitrogen functional groups attached to an aromatic ring is 1. The number of nitrogens with zero attached hydrogens (tertiary/aromatic N) is 3. The van der Waals surface area contributed by atoms with E-state index in [9.17, 15) is 24.9 Å². The van der Waals surface area contributed by atoms with Crippen molar-refractivity contribution in [1.29, 1.82) is 0 Å². The van der Waals surface area contributed by atoms with E-state index in [1.165, 1.54) is 0 Å². The van der Waals surface area contributed by atoms with Gasteiger partial charge in [-0.2, -0.15) is 0 Å². The van der Waals surface area contributed by atoms with Crippen LogP contribution in [-0.4, -0.2) is 112 Å². The van der Waals surface area contributed by atoms with Gasteiger partial charge in [-0.15, -0.1) is 0 Å². The van der Waals surface area contributed by atoms with Crippen LogP contribution in [0.1, 0.15) is 5.56 Å². The van der Waals surface area contributed by atoms with Crippen LogP contribution in [0.5, 0.6) is 0 Å². The van der Waals surface area contributed by atoms with Gasteiger partial charge in [0.2, 0.25) is 0 Å². The van der Waals surface area contributed by atoms with Crippen LogP contribution in [0.3, 0.4) is 0 Å². The predicted molar refractivity (Wildman–Crippen MR) is 106 cm³/mol. The van der Waals surface area contributed by atoms with Gasteiger partial charge in [0, 0.05) is 51.0 Å². The van der Waals surface area contributed by atoms with Gasteiger partial charge in [-0.1, -0.05) is 12.1 Å². The Hall–Kier alpha value is -2.24. The smallest absolute Gasteiger partial charge is 0.317 e. The highest BCUT2D eigenvalue weighted by Crippen LogP contribution is 2.15. The first kappa shape index (κ1) is 23.0. The number of benzene rings is 1. The molecule has 1 heterocycles. The van der Waals surface area contributed by atoms with Gasteiger partial charge < -0.3 is 26.2 Å². The quantitative estimate of drug-likeness (QED) is 0.255. The lowest BCUT2D eigenvalue weighted by Gasteiger charge is -2.34. The third kappa shape index (κ3) is 8.34. The molecule has 1 atom stereocenters. The highest BCUT2D eigenvalue weighted by molar-refractivity contribution is 5.69. The number of carboxylic acids is 2. The summed E-state index contributed by atoms with van der Waals surface area (Å²) in [6.07, 6.45) is -0.979. The lowest BCUT2D eigenvalue weighted by atomic mass is 10.0. The Labute approximate surface area is 169 Å².